The molecule has 1 saturated heterocycles. The van der Waals surface area contributed by atoms with Gasteiger partial charge >= 0.3 is 0 Å². The van der Waals surface area contributed by atoms with Crippen molar-refractivity contribution in [1.29, 1.82) is 0 Å². The fourth-order valence-electron chi connectivity index (χ4n) is 4.08. The minimum absolute atomic E-state index is 0.271. The topological polar surface area (TPSA) is 53.1 Å². The third-order valence-electron chi connectivity index (χ3n) is 5.64. The van der Waals surface area contributed by atoms with Crippen LogP contribution in [-0.4, -0.2) is 57.1 Å². The van der Waals surface area contributed by atoms with Crippen LogP contribution in [-0.2, 0) is 14.3 Å². The molecule has 0 saturated carbocycles. The summed E-state index contributed by atoms with van der Waals surface area (Å²) in [5, 5.41) is 0. The van der Waals surface area contributed by atoms with Gasteiger partial charge in [-0.1, -0.05) is 29.8 Å². The minimum atomic E-state index is -0.274. The highest BCUT2D eigenvalue weighted by Gasteiger charge is 2.43. The number of ether oxygens (including phenoxy) is 1. The normalized spacial score (nSPS) is 17.2. The van der Waals surface area contributed by atoms with E-state index in [4.69, 9.17) is 4.74 Å². The molecule has 6 nitrogen and oxygen atoms in total. The summed E-state index contributed by atoms with van der Waals surface area (Å²) in [6, 6.07) is 13.5. The van der Waals surface area contributed by atoms with Crippen molar-refractivity contribution in [2.24, 2.45) is 0 Å². The number of hydrogen-bond donors (Lipinski definition) is 0. The second-order valence-corrected chi connectivity index (χ2v) is 8.00. The van der Waals surface area contributed by atoms with E-state index < -0.39 is 0 Å². The summed E-state index contributed by atoms with van der Waals surface area (Å²) in [5.41, 5.74) is 5.40. The summed E-state index contributed by atoms with van der Waals surface area (Å²) in [6.45, 7) is 6.28. The molecule has 2 aromatic carbocycles. The van der Waals surface area contributed by atoms with Crippen LogP contribution >= 0.6 is 0 Å². The Balaban J connectivity index is 1.85. The molecule has 30 heavy (non-hydrogen) atoms. The maximum absolute atomic E-state index is 13.7. The maximum atomic E-state index is 13.7. The van der Waals surface area contributed by atoms with Gasteiger partial charge in [-0.15, -0.1) is 0 Å². The monoisotopic (exact) mass is 405 g/mol. The van der Waals surface area contributed by atoms with E-state index in [1.165, 1.54) is 4.90 Å². The van der Waals surface area contributed by atoms with Gasteiger partial charge in [0.1, 0.15) is 5.70 Å². The van der Waals surface area contributed by atoms with Gasteiger partial charge in [-0.05, 0) is 43.2 Å². The van der Waals surface area contributed by atoms with Crippen LogP contribution in [0.3, 0.4) is 0 Å². The molecule has 0 N–H and O–H groups in total. The van der Waals surface area contributed by atoms with E-state index in [1.54, 1.807) is 0 Å². The van der Waals surface area contributed by atoms with Crippen LogP contribution in [0, 0.1) is 13.8 Å². The van der Waals surface area contributed by atoms with Crippen LogP contribution in [0.15, 0.2) is 48.2 Å². The number of hydrogen-bond acceptors (Lipinski definition) is 5. The highest BCUT2D eigenvalue weighted by molar-refractivity contribution is 6.45. The highest BCUT2D eigenvalue weighted by Crippen LogP contribution is 2.37. The largest absolute Gasteiger partial charge is 0.378 e. The first-order valence-corrected chi connectivity index (χ1v) is 10.2. The van der Waals surface area contributed by atoms with E-state index in [1.807, 2.05) is 80.2 Å². The van der Waals surface area contributed by atoms with Gasteiger partial charge in [0.05, 0.1) is 24.5 Å². The number of imide groups is 1. The summed E-state index contributed by atoms with van der Waals surface area (Å²) in [5.74, 6) is -0.544. The molecule has 2 amide bonds. The van der Waals surface area contributed by atoms with Crippen molar-refractivity contribution >= 4 is 28.8 Å². The number of anilines is 2. The average Bonchev–Trinajstić information content (AvgIpc) is 2.99. The van der Waals surface area contributed by atoms with Crippen molar-refractivity contribution in [1.82, 2.24) is 4.90 Å². The first-order valence-electron chi connectivity index (χ1n) is 10.2. The zero-order valence-corrected chi connectivity index (χ0v) is 17.9. The van der Waals surface area contributed by atoms with Crippen molar-refractivity contribution in [3.05, 3.63) is 64.9 Å². The van der Waals surface area contributed by atoms with Crippen LogP contribution < -0.4 is 9.80 Å². The standard InChI is InChI=1S/C24H27N3O3/c1-16-8-9-20(17(2)14-16)21-22(26-10-12-30-13-11-26)24(29)27(23(21)28)19-7-5-6-18(15-19)25(3)4/h5-9,14-15H,10-13H2,1-4H3. The Labute approximate surface area is 177 Å². The molecule has 2 aromatic rings. The van der Waals surface area contributed by atoms with E-state index in [-0.39, 0.29) is 11.8 Å². The van der Waals surface area contributed by atoms with Crippen LogP contribution in [0.25, 0.3) is 5.57 Å². The number of amides is 2. The van der Waals surface area contributed by atoms with Gasteiger partial charge in [-0.25, -0.2) is 4.90 Å². The predicted molar refractivity (Wildman–Crippen MR) is 118 cm³/mol. The number of rotatable bonds is 4. The third-order valence-corrected chi connectivity index (χ3v) is 5.64. The van der Waals surface area contributed by atoms with Crippen LogP contribution in [0.1, 0.15) is 16.7 Å². The van der Waals surface area contributed by atoms with Crippen LogP contribution in [0.4, 0.5) is 11.4 Å². The third kappa shape index (κ3) is 3.48. The zero-order valence-electron chi connectivity index (χ0n) is 17.9. The predicted octanol–water partition coefficient (Wildman–Crippen LogP) is 2.99. The Kier molecular flexibility index (Phi) is 5.35. The molecule has 4 rings (SSSR count). The molecule has 0 spiro atoms. The zero-order chi connectivity index (χ0) is 21.4. The van der Waals surface area contributed by atoms with Crippen molar-refractivity contribution in [3.8, 4) is 0 Å². The molecule has 0 unspecified atom stereocenters. The first-order chi connectivity index (χ1) is 14.4. The van der Waals surface area contributed by atoms with Gasteiger partial charge < -0.3 is 14.5 Å². The van der Waals surface area contributed by atoms with Crippen molar-refractivity contribution < 1.29 is 14.3 Å². The Morgan fingerprint density at radius 3 is 2.33 bits per heavy atom. The fraction of sp³-hybridized carbons (Fsp3) is 0.333. The SMILES string of the molecule is Cc1ccc(C2=C(N3CCOCC3)C(=O)N(c3cccc(N(C)C)c3)C2=O)c(C)c1. The van der Waals surface area contributed by atoms with Crippen molar-refractivity contribution in [2.75, 3.05) is 50.2 Å². The molecule has 6 heteroatoms. The molecule has 2 heterocycles. The van der Waals surface area contributed by atoms with Gasteiger partial charge in [0.2, 0.25) is 0 Å². The van der Waals surface area contributed by atoms with E-state index in [9.17, 15) is 9.59 Å². The number of aryl methyl sites for hydroxylation is 2. The Hall–Kier alpha value is -3.12. The molecule has 2 aliphatic heterocycles. The lowest BCUT2D eigenvalue weighted by Gasteiger charge is -2.29. The van der Waals surface area contributed by atoms with Gasteiger partial charge in [0, 0.05) is 32.9 Å². The van der Waals surface area contributed by atoms with Crippen LogP contribution in [0.2, 0.25) is 0 Å². The molecule has 0 atom stereocenters. The number of carbonyl (C=O) groups excluding carboxylic acids is 2. The number of nitrogens with zero attached hydrogens (tertiary/aromatic N) is 3. The quantitative estimate of drug-likeness (QED) is 0.732. The summed E-state index contributed by atoms with van der Waals surface area (Å²) in [4.78, 5) is 32.5. The summed E-state index contributed by atoms with van der Waals surface area (Å²) >= 11 is 0. The second-order valence-electron chi connectivity index (χ2n) is 8.00. The highest BCUT2D eigenvalue weighted by atomic mass is 16.5. The number of carbonyl (C=O) groups is 2. The minimum Gasteiger partial charge on any atom is -0.378 e. The molecule has 0 aromatic heterocycles. The lowest BCUT2D eigenvalue weighted by Crippen LogP contribution is -2.40. The molecular weight excluding hydrogens is 378 g/mol. The second kappa shape index (κ2) is 7.95. The smallest absolute Gasteiger partial charge is 0.282 e. The maximum Gasteiger partial charge on any atom is 0.282 e. The van der Waals surface area contributed by atoms with Crippen LogP contribution in [0.5, 0.6) is 0 Å². The molecule has 0 bridgehead atoms. The van der Waals surface area contributed by atoms with Gasteiger partial charge in [-0.2, -0.15) is 0 Å². The number of morpholine rings is 1. The lowest BCUT2D eigenvalue weighted by molar-refractivity contribution is -0.121. The first kappa shape index (κ1) is 20.2. The fourth-order valence-corrected chi connectivity index (χ4v) is 4.08. The lowest BCUT2D eigenvalue weighted by atomic mass is 9.97. The van der Waals surface area contributed by atoms with E-state index in [0.717, 1.165) is 22.4 Å². The Morgan fingerprint density at radius 2 is 1.67 bits per heavy atom. The summed E-state index contributed by atoms with van der Waals surface area (Å²) in [7, 11) is 3.87. The van der Waals surface area contributed by atoms with E-state index >= 15 is 0 Å². The van der Waals surface area contributed by atoms with E-state index in [2.05, 4.69) is 0 Å². The molecule has 0 radical (unpaired) electrons. The molecule has 156 valence electrons. The Bertz CT molecular complexity index is 1040. The van der Waals surface area contributed by atoms with E-state index in [0.29, 0.717) is 43.3 Å². The van der Waals surface area contributed by atoms with Crippen molar-refractivity contribution in [3.63, 3.8) is 0 Å². The summed E-state index contributed by atoms with van der Waals surface area (Å²) < 4.78 is 5.48. The average molecular weight is 405 g/mol. The Morgan fingerprint density at radius 1 is 0.933 bits per heavy atom. The molecule has 1 fully saturated rings. The molecule has 0 aliphatic carbocycles. The molecular formula is C24H27N3O3. The van der Waals surface area contributed by atoms with Gasteiger partial charge in [0.25, 0.3) is 11.8 Å². The van der Waals surface area contributed by atoms with Gasteiger partial charge in [-0.3, -0.25) is 9.59 Å². The van der Waals surface area contributed by atoms with Crippen molar-refractivity contribution in [2.45, 2.75) is 13.8 Å². The molecule has 2 aliphatic rings. The number of benzene rings is 2. The summed E-state index contributed by atoms with van der Waals surface area (Å²) in [6.07, 6.45) is 0. The van der Waals surface area contributed by atoms with Gasteiger partial charge in [0.15, 0.2) is 0 Å².